The largest absolute Gasteiger partial charge is 0.395 e. The van der Waals surface area contributed by atoms with Gasteiger partial charge in [-0.05, 0) is 163 Å². The Balaban J connectivity index is 0.000000137. The maximum Gasteiger partial charge on any atom is 0.320 e. The summed E-state index contributed by atoms with van der Waals surface area (Å²) in [6.07, 6.45) is 35.5. The van der Waals surface area contributed by atoms with Gasteiger partial charge in [0.15, 0.2) is 51.5 Å². The molecule has 15 aromatic rings. The molecule has 0 spiro atoms. The molecule has 0 aromatic carbocycles. The third-order valence-corrected chi connectivity index (χ3v) is 18.3. The van der Waals surface area contributed by atoms with Crippen LogP contribution in [-0.4, -0.2) is 172 Å². The van der Waals surface area contributed by atoms with Crippen molar-refractivity contribution < 1.29 is 37.9 Å². The van der Waals surface area contributed by atoms with E-state index in [0.717, 1.165) is 83.1 Å². The average molecular weight is 1730 g/mol. The molecular formula is C85H89F2N35O6. The number of carbonyl (C=O) groups is 5. The van der Waals surface area contributed by atoms with Gasteiger partial charge in [0.2, 0.25) is 29.7 Å². The van der Waals surface area contributed by atoms with Gasteiger partial charge in [0.05, 0.1) is 6.61 Å². The Morgan fingerprint density at radius 2 is 0.641 bits per heavy atom. The van der Waals surface area contributed by atoms with Gasteiger partial charge in [-0.25, -0.2) is 82.6 Å². The lowest BCUT2D eigenvalue weighted by molar-refractivity contribution is 0.242. The Bertz CT molecular complexity index is 6260. The van der Waals surface area contributed by atoms with E-state index in [9.17, 15) is 32.8 Å². The van der Waals surface area contributed by atoms with Crippen LogP contribution in [0.1, 0.15) is 91.9 Å². The van der Waals surface area contributed by atoms with Gasteiger partial charge in [0.25, 0.3) is 0 Å². The van der Waals surface area contributed by atoms with Crippen molar-refractivity contribution in [2.45, 2.75) is 110 Å². The molecule has 0 radical (unpaired) electrons. The van der Waals surface area contributed by atoms with Crippen molar-refractivity contribution in [3.05, 3.63) is 214 Å². The highest BCUT2D eigenvalue weighted by Gasteiger charge is 2.22. The van der Waals surface area contributed by atoms with Crippen molar-refractivity contribution in [1.29, 1.82) is 0 Å². The summed E-state index contributed by atoms with van der Waals surface area (Å²) >= 11 is 0. The molecule has 2 saturated carbocycles. The Morgan fingerprint density at radius 1 is 0.352 bits per heavy atom. The molecule has 41 nitrogen and oxygen atoms in total. The summed E-state index contributed by atoms with van der Waals surface area (Å²) in [4.78, 5) is 143. The van der Waals surface area contributed by atoms with E-state index in [2.05, 4.69) is 179 Å². The van der Waals surface area contributed by atoms with Gasteiger partial charge in [-0.1, -0.05) is 38.5 Å². The second-order valence-corrected chi connectivity index (χ2v) is 29.3. The molecule has 15 aromatic heterocycles. The number of anilines is 15. The van der Waals surface area contributed by atoms with E-state index in [0.29, 0.717) is 81.5 Å². The number of hydrogen-bond acceptors (Lipinski definition) is 31. The molecule has 17 rings (SSSR count). The number of aliphatic hydroxyl groups is 1. The van der Waals surface area contributed by atoms with Crippen LogP contribution in [0.4, 0.5) is 120 Å². The lowest BCUT2D eigenvalue weighted by atomic mass is 9.96. The van der Waals surface area contributed by atoms with Crippen LogP contribution < -0.4 is 79.8 Å². The molecule has 10 amide bonds. The zero-order valence-electron chi connectivity index (χ0n) is 69.6. The second-order valence-electron chi connectivity index (χ2n) is 29.3. The summed E-state index contributed by atoms with van der Waals surface area (Å²) < 4.78 is 28.5. The summed E-state index contributed by atoms with van der Waals surface area (Å²) in [6.45, 7) is 7.89. The first kappa shape index (κ1) is 89.1. The van der Waals surface area contributed by atoms with Gasteiger partial charge >= 0.3 is 30.2 Å². The molecule has 0 bridgehead atoms. The van der Waals surface area contributed by atoms with Crippen LogP contribution in [0.25, 0.3) is 55.2 Å². The standard InChI is InChI=1S/C19H20FN7O.C19H21N7O.C17H18FN7O.C15H15N7O2.C15H15N7O/c20-15-10-12-11-22-18(23-14-6-8-21-9-7-14)26-16(12)25-17(15)27-19(28)24-13-4-2-1-3-5-13;27-19(23-14-4-2-1-3-5-14)25-16-7-6-13-12-21-18(26-17(13)24-16)22-15-8-10-20-11-9-15;1-17(2,3)25-16(26)24-14-12(18)8-10-9-20-15(23-13(10)22-14)21-11-4-6-19-7-5-11;23-8-7-17-15(24)21-12-2-1-10-9-18-14(22-13(10)20-12)19-11-3-5-16-6-4-11;1-2-17-15(23)21-12-4-3-10-9-18-14(22-13(10)20-12)19-11-5-7-16-8-6-11/h6-11,13H,1-5H2,(H3,21,22,23,24,25,26,27,28);6-12,14H,1-5H2,(H3,20,21,22,23,24,25,26,27);4-9H,1-3H3,(H3,19,20,21,22,23,24,25,26);1-6,9,23H,7-8H2,(H3,16,17,18,19,20,21,22,24);3-9H,2H2,1H3,(H3,16,17,18,19,20,21,22,23). The zero-order chi connectivity index (χ0) is 89.4. The Morgan fingerprint density at radius 3 is 0.953 bits per heavy atom. The predicted molar refractivity (Wildman–Crippen MR) is 481 cm³/mol. The molecule has 2 aliphatic carbocycles. The molecule has 128 heavy (non-hydrogen) atoms. The van der Waals surface area contributed by atoms with Gasteiger partial charge < -0.3 is 58.3 Å². The normalized spacial score (nSPS) is 12.4. The van der Waals surface area contributed by atoms with E-state index in [1.165, 1.54) is 50.2 Å². The minimum absolute atomic E-state index is 0.121. The Hall–Kier alpha value is -16.6. The number of aliphatic hydroxyl groups excluding tert-OH is 1. The minimum atomic E-state index is -0.667. The van der Waals surface area contributed by atoms with E-state index in [1.54, 1.807) is 147 Å². The summed E-state index contributed by atoms with van der Waals surface area (Å²) in [6, 6.07) is 29.3. The third kappa shape index (κ3) is 27.7. The first-order valence-corrected chi connectivity index (χ1v) is 40.6. The van der Waals surface area contributed by atoms with Crippen LogP contribution in [0.2, 0.25) is 0 Å². The molecule has 15 heterocycles. The molecule has 43 heteroatoms. The van der Waals surface area contributed by atoms with E-state index in [4.69, 9.17) is 5.11 Å². The summed E-state index contributed by atoms with van der Waals surface area (Å²) in [5.41, 5.74) is 5.52. The number of amides is 10. The zero-order valence-corrected chi connectivity index (χ0v) is 69.6. The van der Waals surface area contributed by atoms with Gasteiger partial charge in [-0.2, -0.15) is 24.9 Å². The number of nitrogens with zero attached hydrogens (tertiary/aromatic N) is 20. The summed E-state index contributed by atoms with van der Waals surface area (Å²) in [7, 11) is 0. The van der Waals surface area contributed by atoms with Crippen LogP contribution in [0, 0.1) is 11.6 Å². The molecule has 0 aliphatic heterocycles. The van der Waals surface area contributed by atoms with Crippen molar-refractivity contribution >= 4 is 173 Å². The van der Waals surface area contributed by atoms with Gasteiger partial charge in [-0.3, -0.25) is 51.5 Å². The van der Waals surface area contributed by atoms with Gasteiger partial charge in [0.1, 0.15) is 17.5 Å². The maximum absolute atomic E-state index is 14.3. The molecule has 2 fully saturated rings. The number of urea groups is 5. The van der Waals surface area contributed by atoms with Crippen molar-refractivity contribution in [3.63, 3.8) is 0 Å². The second kappa shape index (κ2) is 44.4. The molecule has 0 atom stereocenters. The van der Waals surface area contributed by atoms with Crippen LogP contribution in [0.5, 0.6) is 0 Å². The quantitative estimate of drug-likeness (QED) is 0.0337. The van der Waals surface area contributed by atoms with E-state index in [1.807, 2.05) is 58.0 Å². The fourth-order valence-electron chi connectivity index (χ4n) is 12.4. The van der Waals surface area contributed by atoms with E-state index in [-0.39, 0.29) is 60.2 Å². The number of nitrogens with one attached hydrogen (secondary N) is 15. The van der Waals surface area contributed by atoms with Crippen molar-refractivity contribution in [3.8, 4) is 0 Å². The molecular weight excluding hydrogens is 1650 g/mol. The van der Waals surface area contributed by atoms with Crippen LogP contribution >= 0.6 is 0 Å². The topological polar surface area (TPSA) is 544 Å². The minimum Gasteiger partial charge on any atom is -0.395 e. The lowest BCUT2D eigenvalue weighted by Crippen LogP contribution is -2.43. The number of fused-ring (bicyclic) bond motifs is 5. The average Bonchev–Trinajstić information content (AvgIpc) is 0.863. The molecule has 16 N–H and O–H groups in total. The number of carbonyl (C=O) groups excluding carboxylic acids is 5. The molecule has 0 saturated heterocycles. The maximum atomic E-state index is 14.3. The van der Waals surface area contributed by atoms with Crippen LogP contribution in [0.3, 0.4) is 0 Å². The van der Waals surface area contributed by atoms with Crippen LogP contribution in [-0.2, 0) is 0 Å². The Labute approximate surface area is 729 Å². The lowest BCUT2D eigenvalue weighted by Gasteiger charge is -2.22. The number of hydrogen-bond donors (Lipinski definition) is 16. The van der Waals surface area contributed by atoms with Gasteiger partial charge in [0, 0.05) is 179 Å². The first-order chi connectivity index (χ1) is 62.2. The molecule has 0 unspecified atom stereocenters. The van der Waals surface area contributed by atoms with Crippen LogP contribution in [0.15, 0.2) is 202 Å². The number of rotatable bonds is 20. The van der Waals surface area contributed by atoms with Crippen molar-refractivity contribution in [2.24, 2.45) is 0 Å². The number of halogens is 2. The first-order valence-electron chi connectivity index (χ1n) is 40.6. The fraction of sp³-hybridized carbons (Fsp3) is 0.235. The molecule has 654 valence electrons. The summed E-state index contributed by atoms with van der Waals surface area (Å²) in [5, 5.41) is 53.8. The van der Waals surface area contributed by atoms with Gasteiger partial charge in [-0.15, -0.1) is 0 Å². The number of aromatic nitrogens is 20. The van der Waals surface area contributed by atoms with E-state index < -0.39 is 35.3 Å². The third-order valence-electron chi connectivity index (χ3n) is 18.3. The number of pyridine rings is 10. The SMILES string of the molecule is CC(C)(C)NC(=O)Nc1nc2nc(Nc3ccncc3)ncc2cc1F.CCNC(=O)Nc1ccc2cnc(Nc3ccncc3)nc2n1.O=C(NCCO)Nc1ccc2cnc(Nc3ccncc3)nc2n1.O=C(Nc1ccc2cnc(Nc3ccncc3)nc2n1)NC1CCCCC1.O=C(Nc1nc2nc(Nc3ccncc3)ncc2cc1F)NC1CCCCC1. The smallest absolute Gasteiger partial charge is 0.320 e. The fourth-order valence-corrected chi connectivity index (χ4v) is 12.4. The predicted octanol–water partition coefficient (Wildman–Crippen LogP) is 14.2. The Kier molecular flexibility index (Phi) is 30.9. The van der Waals surface area contributed by atoms with Crippen molar-refractivity contribution in [2.75, 3.05) is 72.9 Å². The summed E-state index contributed by atoms with van der Waals surface area (Å²) in [5.74, 6) is 1.45. The van der Waals surface area contributed by atoms with Crippen molar-refractivity contribution in [1.82, 2.24) is 126 Å². The molecule has 2 aliphatic rings. The highest BCUT2D eigenvalue weighted by atomic mass is 19.1. The highest BCUT2D eigenvalue weighted by molar-refractivity contribution is 5.94. The van der Waals surface area contributed by atoms with E-state index >= 15 is 0 Å². The highest BCUT2D eigenvalue weighted by Crippen LogP contribution is 2.27. The monoisotopic (exact) mass is 1730 g/mol.